The first-order valence-electron chi connectivity index (χ1n) is 14.3. The van der Waals surface area contributed by atoms with Gasteiger partial charge in [-0.25, -0.2) is 4.98 Å². The molecule has 1 aliphatic carbocycles. The molecule has 0 saturated carbocycles. The molecule has 3 aromatic carbocycles. The van der Waals surface area contributed by atoms with E-state index in [0.717, 1.165) is 66.4 Å². The van der Waals surface area contributed by atoms with Crippen LogP contribution < -0.4 is 5.32 Å². The SMILES string of the molecule is C.Clc1ccc2[nH]cc(CNCc3ccc(CN(Cc4nc5ccccc5[nH]4)C4CCCc5cccnc54)cc3)c2c1. The van der Waals surface area contributed by atoms with E-state index in [9.17, 15) is 0 Å². The van der Waals surface area contributed by atoms with Gasteiger partial charge in [-0.1, -0.05) is 61.5 Å². The molecular weight excluding hydrogens is 540 g/mol. The number of para-hydroxylation sites is 2. The number of nitrogens with one attached hydrogen (secondary N) is 3. The Kier molecular flexibility index (Phi) is 8.38. The number of rotatable bonds is 9. The first-order chi connectivity index (χ1) is 20.2. The van der Waals surface area contributed by atoms with E-state index in [0.29, 0.717) is 0 Å². The molecule has 42 heavy (non-hydrogen) atoms. The van der Waals surface area contributed by atoms with Gasteiger partial charge in [0, 0.05) is 48.0 Å². The van der Waals surface area contributed by atoms with Gasteiger partial charge in [0.2, 0.25) is 0 Å². The summed E-state index contributed by atoms with van der Waals surface area (Å²) in [5.74, 6) is 0.994. The minimum Gasteiger partial charge on any atom is -0.361 e. The average molecular weight is 577 g/mol. The van der Waals surface area contributed by atoms with Gasteiger partial charge < -0.3 is 15.3 Å². The van der Waals surface area contributed by atoms with Gasteiger partial charge >= 0.3 is 0 Å². The van der Waals surface area contributed by atoms with E-state index in [1.165, 1.54) is 39.8 Å². The molecule has 0 bridgehead atoms. The van der Waals surface area contributed by atoms with Gasteiger partial charge in [-0.2, -0.15) is 0 Å². The predicted molar refractivity (Wildman–Crippen MR) is 172 cm³/mol. The van der Waals surface area contributed by atoms with Crippen LogP contribution in [0.1, 0.15) is 60.1 Å². The van der Waals surface area contributed by atoms with Gasteiger partial charge in [-0.05, 0) is 77.9 Å². The molecule has 0 spiro atoms. The third-order valence-corrected chi connectivity index (χ3v) is 8.42. The molecule has 6 nitrogen and oxygen atoms in total. The molecule has 1 aliphatic rings. The van der Waals surface area contributed by atoms with Crippen molar-refractivity contribution < 1.29 is 0 Å². The molecule has 7 rings (SSSR count). The summed E-state index contributed by atoms with van der Waals surface area (Å²) < 4.78 is 0. The van der Waals surface area contributed by atoms with Crippen molar-refractivity contribution in [3.63, 3.8) is 0 Å². The van der Waals surface area contributed by atoms with Gasteiger partial charge in [-0.15, -0.1) is 0 Å². The average Bonchev–Trinajstić information content (AvgIpc) is 3.60. The third kappa shape index (κ3) is 5.97. The molecule has 0 aliphatic heterocycles. The topological polar surface area (TPSA) is 72.6 Å². The molecule has 3 heterocycles. The number of pyridine rings is 1. The largest absolute Gasteiger partial charge is 0.361 e. The molecule has 3 aromatic heterocycles. The Morgan fingerprint density at radius 3 is 2.64 bits per heavy atom. The van der Waals surface area contributed by atoms with Crippen LogP contribution in [0, 0.1) is 0 Å². The highest BCUT2D eigenvalue weighted by atomic mass is 35.5. The standard InChI is InChI=1S/C34H33ClN6.CH4/c35-27-14-15-29-28(17-27)26(20-38-29)19-36-18-23-10-12-24(13-11-23)21-41(22-33-39-30-7-1-2-8-31(30)40-33)32-9-3-5-25-6-4-16-37-34(25)32;/h1-2,4,6-8,10-17,20,32,36,38H,3,5,9,18-19,21-22H2,(H,39,40);1H4. The van der Waals surface area contributed by atoms with Crippen molar-refractivity contribution in [2.45, 2.75) is 58.9 Å². The molecule has 1 unspecified atom stereocenters. The second-order valence-corrected chi connectivity index (χ2v) is 11.4. The number of halogens is 1. The number of H-pyrrole nitrogens is 2. The van der Waals surface area contributed by atoms with Gasteiger partial charge in [-0.3, -0.25) is 9.88 Å². The first-order valence-corrected chi connectivity index (χ1v) is 14.7. The Hall–Kier alpha value is -3.97. The third-order valence-electron chi connectivity index (χ3n) is 8.18. The zero-order chi connectivity index (χ0) is 27.6. The minimum absolute atomic E-state index is 0. The van der Waals surface area contributed by atoms with E-state index in [2.05, 4.69) is 81.0 Å². The van der Waals surface area contributed by atoms with Gasteiger partial charge in [0.15, 0.2) is 0 Å². The summed E-state index contributed by atoms with van der Waals surface area (Å²) in [4.78, 5) is 19.2. The minimum atomic E-state index is 0. The normalized spacial score (nSPS) is 14.8. The first kappa shape index (κ1) is 28.2. The van der Waals surface area contributed by atoms with Crippen LogP contribution in [0.25, 0.3) is 21.9 Å². The number of imidazole rings is 1. The molecule has 214 valence electrons. The van der Waals surface area contributed by atoms with Crippen LogP contribution in [0.15, 0.2) is 91.3 Å². The molecule has 6 aromatic rings. The predicted octanol–water partition coefficient (Wildman–Crippen LogP) is 8.10. The zero-order valence-electron chi connectivity index (χ0n) is 22.9. The zero-order valence-corrected chi connectivity index (χ0v) is 23.7. The molecule has 0 saturated heterocycles. The molecule has 0 fully saturated rings. The highest BCUT2D eigenvalue weighted by Crippen LogP contribution is 2.35. The maximum absolute atomic E-state index is 6.22. The lowest BCUT2D eigenvalue weighted by Gasteiger charge is -2.34. The van der Waals surface area contributed by atoms with Gasteiger partial charge in [0.05, 0.1) is 29.3 Å². The van der Waals surface area contributed by atoms with Gasteiger partial charge in [0.25, 0.3) is 0 Å². The smallest absolute Gasteiger partial charge is 0.121 e. The highest BCUT2D eigenvalue weighted by molar-refractivity contribution is 6.31. The molecule has 1 atom stereocenters. The van der Waals surface area contributed by atoms with Crippen molar-refractivity contribution in [2.24, 2.45) is 0 Å². The number of fused-ring (bicyclic) bond motifs is 3. The summed E-state index contributed by atoms with van der Waals surface area (Å²) in [6.07, 6.45) is 7.37. The quantitative estimate of drug-likeness (QED) is 0.163. The highest BCUT2D eigenvalue weighted by Gasteiger charge is 2.28. The summed E-state index contributed by atoms with van der Waals surface area (Å²) in [5.41, 5.74) is 9.57. The van der Waals surface area contributed by atoms with Crippen LogP contribution in [0.5, 0.6) is 0 Å². The summed E-state index contributed by atoms with van der Waals surface area (Å²) in [6.45, 7) is 3.16. The van der Waals surface area contributed by atoms with Crippen LogP contribution in [0.2, 0.25) is 5.02 Å². The second kappa shape index (κ2) is 12.5. The van der Waals surface area contributed by atoms with Crippen LogP contribution in [-0.2, 0) is 32.6 Å². The van der Waals surface area contributed by atoms with Crippen LogP contribution in [0.4, 0.5) is 0 Å². The molecule has 0 amide bonds. The molecule has 7 heteroatoms. The second-order valence-electron chi connectivity index (χ2n) is 11.0. The van der Waals surface area contributed by atoms with Crippen molar-refractivity contribution in [2.75, 3.05) is 0 Å². The van der Waals surface area contributed by atoms with E-state index in [4.69, 9.17) is 21.6 Å². The lowest BCUT2D eigenvalue weighted by atomic mass is 9.90. The Morgan fingerprint density at radius 2 is 1.76 bits per heavy atom. The number of benzene rings is 3. The Labute approximate surface area is 252 Å². The monoisotopic (exact) mass is 576 g/mol. The fourth-order valence-corrected chi connectivity index (χ4v) is 6.30. The number of hydrogen-bond donors (Lipinski definition) is 3. The Morgan fingerprint density at radius 1 is 0.905 bits per heavy atom. The molecular formula is C35H37ClN6. The van der Waals surface area contributed by atoms with Gasteiger partial charge in [0.1, 0.15) is 5.82 Å². The number of aromatic nitrogens is 4. The van der Waals surface area contributed by atoms with E-state index < -0.39 is 0 Å². The number of nitrogens with zero attached hydrogens (tertiary/aromatic N) is 3. The lowest BCUT2D eigenvalue weighted by molar-refractivity contribution is 0.153. The maximum atomic E-state index is 6.22. The van der Waals surface area contributed by atoms with Crippen molar-refractivity contribution >= 4 is 33.5 Å². The fourth-order valence-electron chi connectivity index (χ4n) is 6.12. The van der Waals surface area contributed by atoms with E-state index in [1.54, 1.807) is 0 Å². The van der Waals surface area contributed by atoms with Crippen LogP contribution in [0.3, 0.4) is 0 Å². The Balaban J connectivity index is 0.00000316. The summed E-state index contributed by atoms with van der Waals surface area (Å²) in [5, 5.41) is 5.52. The number of hydrogen-bond acceptors (Lipinski definition) is 4. The summed E-state index contributed by atoms with van der Waals surface area (Å²) in [6, 6.07) is 27.8. The van der Waals surface area contributed by atoms with E-state index in [-0.39, 0.29) is 13.5 Å². The molecule has 3 N–H and O–H groups in total. The Bertz CT molecular complexity index is 1750. The lowest BCUT2D eigenvalue weighted by Crippen LogP contribution is -2.31. The van der Waals surface area contributed by atoms with Crippen LogP contribution in [-0.4, -0.2) is 24.8 Å². The summed E-state index contributed by atoms with van der Waals surface area (Å²) >= 11 is 6.22. The van der Waals surface area contributed by atoms with Crippen LogP contribution >= 0.6 is 11.6 Å². The maximum Gasteiger partial charge on any atom is 0.121 e. The van der Waals surface area contributed by atoms with Crippen molar-refractivity contribution in [1.29, 1.82) is 0 Å². The van der Waals surface area contributed by atoms with Crippen molar-refractivity contribution in [3.05, 3.63) is 130 Å². The van der Waals surface area contributed by atoms with Crippen molar-refractivity contribution in [1.82, 2.24) is 30.2 Å². The van der Waals surface area contributed by atoms with E-state index in [1.807, 2.05) is 30.5 Å². The molecule has 0 radical (unpaired) electrons. The fraction of sp³-hybridized carbons (Fsp3) is 0.257. The summed E-state index contributed by atoms with van der Waals surface area (Å²) in [7, 11) is 0. The number of aromatic amines is 2. The number of aryl methyl sites for hydroxylation is 1. The van der Waals surface area contributed by atoms with E-state index >= 15 is 0 Å². The van der Waals surface area contributed by atoms with Crippen molar-refractivity contribution in [3.8, 4) is 0 Å².